The van der Waals surface area contributed by atoms with Crippen molar-refractivity contribution in [3.05, 3.63) is 70.2 Å². The van der Waals surface area contributed by atoms with Gasteiger partial charge in [0.1, 0.15) is 0 Å². The average molecular weight is 351 g/mol. The van der Waals surface area contributed by atoms with Crippen molar-refractivity contribution in [2.24, 2.45) is 0 Å². The van der Waals surface area contributed by atoms with Gasteiger partial charge in [-0.25, -0.2) is 0 Å². The smallest absolute Gasteiger partial charge is 0.178 e. The number of hydrogen-bond donors (Lipinski definition) is 0. The monoisotopic (exact) mass is 350 g/mol. The van der Waals surface area contributed by atoms with Crippen LogP contribution in [0.25, 0.3) is 0 Å². The predicted molar refractivity (Wildman–Crippen MR) is 86.2 cm³/mol. The summed E-state index contributed by atoms with van der Waals surface area (Å²) >= 11 is 3.33. The summed E-state index contributed by atoms with van der Waals surface area (Å²) in [6.45, 7) is 1.73. The maximum absolute atomic E-state index is 12.3. The van der Waals surface area contributed by atoms with Crippen molar-refractivity contribution in [3.8, 4) is 0 Å². The molecule has 0 heterocycles. The summed E-state index contributed by atoms with van der Waals surface area (Å²) in [4.78, 5) is 12.3. The van der Waals surface area contributed by atoms with Crippen LogP contribution in [0.15, 0.2) is 59.1 Å². The molecule has 0 spiro atoms. The van der Waals surface area contributed by atoms with E-state index in [4.69, 9.17) is 0 Å². The zero-order valence-electron chi connectivity index (χ0n) is 11.1. The molecular formula is C16H15BrO2S. The molecule has 2 nitrogen and oxygen atoms in total. The number of Topliss-reactive ketones (excluding diaryl/α,β-unsaturated/α-hetero) is 1. The minimum Gasteiger partial charge on any atom is -0.293 e. The van der Waals surface area contributed by atoms with Crippen molar-refractivity contribution in [2.45, 2.75) is 17.9 Å². The van der Waals surface area contributed by atoms with E-state index in [-0.39, 0.29) is 5.78 Å². The molecule has 104 valence electrons. The van der Waals surface area contributed by atoms with Gasteiger partial charge in [0, 0.05) is 26.6 Å². The summed E-state index contributed by atoms with van der Waals surface area (Å²) in [5.74, 6) is 0.330. The molecule has 2 aromatic carbocycles. The van der Waals surface area contributed by atoms with Gasteiger partial charge in [0.2, 0.25) is 0 Å². The van der Waals surface area contributed by atoms with Crippen LogP contribution >= 0.6 is 15.9 Å². The lowest BCUT2D eigenvalue weighted by molar-refractivity contribution is 0.0992. The van der Waals surface area contributed by atoms with Gasteiger partial charge < -0.3 is 0 Å². The maximum atomic E-state index is 12.3. The van der Waals surface area contributed by atoms with E-state index in [1.807, 2.05) is 42.5 Å². The molecule has 4 heteroatoms. The molecule has 0 aromatic heterocycles. The van der Waals surface area contributed by atoms with Crippen molar-refractivity contribution in [3.63, 3.8) is 0 Å². The van der Waals surface area contributed by atoms with E-state index in [1.165, 1.54) is 0 Å². The SMILES string of the molecule is CC(C(=O)c1ccc(Br)cc1)S(=O)Cc1ccccc1. The third kappa shape index (κ3) is 3.87. The molecule has 0 saturated carbocycles. The largest absolute Gasteiger partial charge is 0.293 e. The summed E-state index contributed by atoms with van der Waals surface area (Å²) in [5, 5.41) is -0.503. The van der Waals surface area contributed by atoms with Crippen LogP contribution in [-0.2, 0) is 16.6 Å². The van der Waals surface area contributed by atoms with Crippen molar-refractivity contribution >= 4 is 32.5 Å². The van der Waals surface area contributed by atoms with Crippen molar-refractivity contribution in [2.75, 3.05) is 0 Å². The Hall–Kier alpha value is -1.26. The highest BCUT2D eigenvalue weighted by atomic mass is 79.9. The van der Waals surface area contributed by atoms with Gasteiger partial charge in [-0.3, -0.25) is 9.00 Å². The van der Waals surface area contributed by atoms with Gasteiger partial charge in [-0.1, -0.05) is 58.4 Å². The molecule has 2 rings (SSSR count). The van der Waals surface area contributed by atoms with E-state index in [2.05, 4.69) is 15.9 Å². The van der Waals surface area contributed by atoms with Crippen LogP contribution in [0.1, 0.15) is 22.8 Å². The number of rotatable bonds is 5. The number of carbonyl (C=O) groups is 1. The van der Waals surface area contributed by atoms with E-state index < -0.39 is 16.0 Å². The van der Waals surface area contributed by atoms with E-state index >= 15 is 0 Å². The second-order valence-corrected chi connectivity index (χ2v) is 7.20. The average Bonchev–Trinajstić information content (AvgIpc) is 2.47. The maximum Gasteiger partial charge on any atom is 0.178 e. The van der Waals surface area contributed by atoms with Crippen LogP contribution in [0.5, 0.6) is 0 Å². The second-order valence-electron chi connectivity index (χ2n) is 4.52. The molecule has 20 heavy (non-hydrogen) atoms. The van der Waals surface area contributed by atoms with Crippen LogP contribution in [0, 0.1) is 0 Å². The third-order valence-corrected chi connectivity index (χ3v) is 5.19. The molecule has 2 aromatic rings. The quantitative estimate of drug-likeness (QED) is 0.764. The Morgan fingerprint density at radius 3 is 2.30 bits per heavy atom. The Morgan fingerprint density at radius 1 is 1.10 bits per heavy atom. The van der Waals surface area contributed by atoms with Gasteiger partial charge in [0.25, 0.3) is 0 Å². The fourth-order valence-electron chi connectivity index (χ4n) is 1.83. The normalized spacial score (nSPS) is 13.7. The number of halogens is 1. The molecule has 0 N–H and O–H groups in total. The van der Waals surface area contributed by atoms with E-state index in [9.17, 15) is 9.00 Å². The van der Waals surface area contributed by atoms with Gasteiger partial charge in [0.15, 0.2) is 5.78 Å². The highest BCUT2D eigenvalue weighted by Gasteiger charge is 2.21. The van der Waals surface area contributed by atoms with E-state index in [0.717, 1.165) is 10.0 Å². The first kappa shape index (κ1) is 15.1. The molecule has 0 radical (unpaired) electrons. The number of ketones is 1. The summed E-state index contributed by atoms with van der Waals surface area (Å²) in [6.07, 6.45) is 0. The summed E-state index contributed by atoms with van der Waals surface area (Å²) in [7, 11) is -1.21. The molecule has 0 amide bonds. The number of hydrogen-bond acceptors (Lipinski definition) is 2. The zero-order valence-corrected chi connectivity index (χ0v) is 13.5. The first-order valence-electron chi connectivity index (χ1n) is 6.29. The fraction of sp³-hybridized carbons (Fsp3) is 0.188. The molecule has 2 unspecified atom stereocenters. The molecule has 0 aliphatic rings. The topological polar surface area (TPSA) is 34.1 Å². The highest BCUT2D eigenvalue weighted by molar-refractivity contribution is 9.10. The molecule has 0 aliphatic carbocycles. The zero-order chi connectivity index (χ0) is 14.5. The Kier molecular flexibility index (Phi) is 5.26. The van der Waals surface area contributed by atoms with Crippen LogP contribution in [-0.4, -0.2) is 15.2 Å². The molecular weight excluding hydrogens is 336 g/mol. The Morgan fingerprint density at radius 2 is 1.70 bits per heavy atom. The molecule has 0 bridgehead atoms. The van der Waals surface area contributed by atoms with Gasteiger partial charge >= 0.3 is 0 Å². The van der Waals surface area contributed by atoms with E-state index in [0.29, 0.717) is 11.3 Å². The lowest BCUT2D eigenvalue weighted by Crippen LogP contribution is -2.23. The van der Waals surface area contributed by atoms with Crippen LogP contribution < -0.4 is 0 Å². The predicted octanol–water partition coefficient (Wildman–Crippen LogP) is 3.97. The minimum absolute atomic E-state index is 0.0771. The van der Waals surface area contributed by atoms with Crippen LogP contribution in [0.3, 0.4) is 0 Å². The van der Waals surface area contributed by atoms with Crippen molar-refractivity contribution in [1.29, 1.82) is 0 Å². The fourth-order valence-corrected chi connectivity index (χ4v) is 3.24. The number of benzene rings is 2. The van der Waals surface area contributed by atoms with Gasteiger partial charge in [-0.05, 0) is 24.6 Å². The Bertz CT molecular complexity index is 608. The first-order valence-corrected chi connectivity index (χ1v) is 8.46. The van der Waals surface area contributed by atoms with Crippen molar-refractivity contribution < 1.29 is 9.00 Å². The molecule has 0 saturated heterocycles. The van der Waals surface area contributed by atoms with Crippen molar-refractivity contribution in [1.82, 2.24) is 0 Å². The lowest BCUT2D eigenvalue weighted by Gasteiger charge is -2.11. The van der Waals surface area contributed by atoms with Gasteiger partial charge in [-0.15, -0.1) is 0 Å². The Labute approximate surface area is 129 Å². The van der Waals surface area contributed by atoms with Gasteiger partial charge in [0.05, 0.1) is 5.25 Å². The third-order valence-electron chi connectivity index (χ3n) is 3.04. The molecule has 2 atom stereocenters. The molecule has 0 fully saturated rings. The number of carbonyl (C=O) groups excluding carboxylic acids is 1. The molecule has 0 aliphatic heterocycles. The highest BCUT2D eigenvalue weighted by Crippen LogP contribution is 2.15. The summed E-state index contributed by atoms with van der Waals surface area (Å²) in [5.41, 5.74) is 1.59. The summed E-state index contributed by atoms with van der Waals surface area (Å²) < 4.78 is 13.2. The second kappa shape index (κ2) is 6.95. The van der Waals surface area contributed by atoms with Gasteiger partial charge in [-0.2, -0.15) is 0 Å². The Balaban J connectivity index is 2.06. The lowest BCUT2D eigenvalue weighted by atomic mass is 10.1. The van der Waals surface area contributed by atoms with E-state index in [1.54, 1.807) is 19.1 Å². The minimum atomic E-state index is -1.21. The van der Waals surface area contributed by atoms with Crippen LogP contribution in [0.2, 0.25) is 0 Å². The van der Waals surface area contributed by atoms with Crippen LogP contribution in [0.4, 0.5) is 0 Å². The standard InChI is InChI=1S/C16H15BrO2S/c1-12(16(18)14-7-9-15(17)10-8-14)20(19)11-13-5-3-2-4-6-13/h2-10,12H,11H2,1H3. The summed E-state index contributed by atoms with van der Waals surface area (Å²) in [6, 6.07) is 16.7. The first-order chi connectivity index (χ1) is 9.58.